The van der Waals surface area contributed by atoms with E-state index in [1.165, 1.54) is 11.3 Å². The van der Waals surface area contributed by atoms with Crippen molar-refractivity contribution in [3.8, 4) is 22.9 Å². The van der Waals surface area contributed by atoms with Crippen molar-refractivity contribution in [3.63, 3.8) is 0 Å². The Labute approximate surface area is 229 Å². The molecule has 1 amide bonds. The van der Waals surface area contributed by atoms with E-state index in [9.17, 15) is 4.79 Å². The van der Waals surface area contributed by atoms with Crippen LogP contribution in [0.2, 0.25) is 0 Å². The molecule has 1 aliphatic rings. The minimum Gasteiger partial charge on any atom is -0.457 e. The van der Waals surface area contributed by atoms with Gasteiger partial charge in [0, 0.05) is 49.5 Å². The molecule has 0 radical (unpaired) electrons. The molecule has 6 nitrogen and oxygen atoms in total. The zero-order chi connectivity index (χ0) is 26.9. The van der Waals surface area contributed by atoms with E-state index in [1.807, 2.05) is 84.7 Å². The van der Waals surface area contributed by atoms with E-state index in [1.54, 1.807) is 0 Å². The number of anilines is 1. The Hall–Kier alpha value is -4.58. The van der Waals surface area contributed by atoms with Crippen molar-refractivity contribution in [1.29, 1.82) is 0 Å². The van der Waals surface area contributed by atoms with Gasteiger partial charge in [0.05, 0.1) is 11.0 Å². The predicted molar refractivity (Wildman–Crippen MR) is 157 cm³/mol. The molecule has 1 aliphatic heterocycles. The van der Waals surface area contributed by atoms with Gasteiger partial charge in [-0.2, -0.15) is 0 Å². The number of imidazole rings is 1. The molecule has 0 saturated carbocycles. The second kappa shape index (κ2) is 10.3. The maximum atomic E-state index is 13.5. The van der Waals surface area contributed by atoms with Crippen molar-refractivity contribution in [2.45, 2.75) is 19.9 Å². The summed E-state index contributed by atoms with van der Waals surface area (Å²) in [6.07, 6.45) is 0. The number of carbonyl (C=O) groups is 1. The Kier molecular flexibility index (Phi) is 6.53. The Morgan fingerprint density at radius 2 is 1.64 bits per heavy atom. The first-order valence-electron chi connectivity index (χ1n) is 13.4. The molecular weight excluding hydrogens is 484 g/mol. The fourth-order valence-electron chi connectivity index (χ4n) is 5.40. The van der Waals surface area contributed by atoms with Crippen LogP contribution in [0, 0.1) is 6.92 Å². The predicted octanol–water partition coefficient (Wildman–Crippen LogP) is 6.69. The molecule has 5 aromatic rings. The van der Waals surface area contributed by atoms with Gasteiger partial charge in [0.2, 0.25) is 0 Å². The number of amides is 1. The van der Waals surface area contributed by atoms with Gasteiger partial charge in [-0.25, -0.2) is 4.98 Å². The van der Waals surface area contributed by atoms with Crippen LogP contribution in [0.3, 0.4) is 0 Å². The van der Waals surface area contributed by atoms with Crippen LogP contribution in [0.4, 0.5) is 5.69 Å². The van der Waals surface area contributed by atoms with Gasteiger partial charge in [-0.3, -0.25) is 4.79 Å². The van der Waals surface area contributed by atoms with Crippen molar-refractivity contribution in [1.82, 2.24) is 14.5 Å². The molecule has 0 bridgehead atoms. The Morgan fingerprint density at radius 1 is 0.872 bits per heavy atom. The van der Waals surface area contributed by atoms with E-state index in [0.717, 1.165) is 40.5 Å². The lowest BCUT2D eigenvalue weighted by Crippen LogP contribution is -2.53. The Balaban J connectivity index is 1.19. The average Bonchev–Trinajstić information content (AvgIpc) is 3.29. The smallest absolute Gasteiger partial charge is 0.254 e. The van der Waals surface area contributed by atoms with Crippen LogP contribution in [-0.4, -0.2) is 46.0 Å². The van der Waals surface area contributed by atoms with E-state index >= 15 is 0 Å². The molecule has 1 atom stereocenters. The first-order valence-corrected chi connectivity index (χ1v) is 13.4. The molecule has 6 heteroatoms. The molecule has 1 aromatic heterocycles. The highest BCUT2D eigenvalue weighted by atomic mass is 16.5. The van der Waals surface area contributed by atoms with Gasteiger partial charge in [-0.1, -0.05) is 30.3 Å². The molecule has 2 heterocycles. The first kappa shape index (κ1) is 24.7. The second-order valence-corrected chi connectivity index (χ2v) is 10.3. The fraction of sp³-hybridized carbons (Fsp3) is 0.212. The number of aryl methyl sites for hydroxylation is 2. The molecule has 1 fully saturated rings. The topological polar surface area (TPSA) is 50.6 Å². The van der Waals surface area contributed by atoms with Crippen molar-refractivity contribution in [2.75, 3.05) is 24.5 Å². The van der Waals surface area contributed by atoms with Crippen LogP contribution >= 0.6 is 0 Å². The number of piperazine rings is 1. The van der Waals surface area contributed by atoms with Crippen LogP contribution in [0.1, 0.15) is 22.8 Å². The van der Waals surface area contributed by atoms with Gasteiger partial charge in [-0.15, -0.1) is 0 Å². The summed E-state index contributed by atoms with van der Waals surface area (Å²) in [5.41, 5.74) is 5.94. The quantitative estimate of drug-likeness (QED) is 0.261. The minimum atomic E-state index is 0.0576. The summed E-state index contributed by atoms with van der Waals surface area (Å²) in [4.78, 5) is 22.8. The molecule has 1 saturated heterocycles. The normalized spacial score (nSPS) is 15.5. The summed E-state index contributed by atoms with van der Waals surface area (Å²) in [6, 6.07) is 32.3. The van der Waals surface area contributed by atoms with Crippen LogP contribution in [0.5, 0.6) is 11.5 Å². The Morgan fingerprint density at radius 3 is 2.38 bits per heavy atom. The third-order valence-corrected chi connectivity index (χ3v) is 7.47. The molecule has 4 aromatic carbocycles. The molecular formula is C33H32N4O2. The maximum Gasteiger partial charge on any atom is 0.254 e. The number of rotatable bonds is 5. The van der Waals surface area contributed by atoms with Crippen molar-refractivity contribution >= 4 is 22.6 Å². The number of nitrogens with zero attached hydrogens (tertiary/aromatic N) is 4. The number of ether oxygens (including phenoxy) is 1. The highest BCUT2D eigenvalue weighted by Gasteiger charge is 2.28. The summed E-state index contributed by atoms with van der Waals surface area (Å²) in [6.45, 7) is 6.50. The number of benzene rings is 4. The lowest BCUT2D eigenvalue weighted by Gasteiger charge is -2.41. The molecule has 1 unspecified atom stereocenters. The third-order valence-electron chi connectivity index (χ3n) is 7.47. The lowest BCUT2D eigenvalue weighted by atomic mass is 10.1. The third kappa shape index (κ3) is 4.98. The van der Waals surface area contributed by atoms with E-state index in [2.05, 4.69) is 47.6 Å². The summed E-state index contributed by atoms with van der Waals surface area (Å²) in [5, 5.41) is 0. The largest absolute Gasteiger partial charge is 0.457 e. The zero-order valence-corrected chi connectivity index (χ0v) is 22.5. The van der Waals surface area contributed by atoms with Gasteiger partial charge in [0.25, 0.3) is 5.91 Å². The van der Waals surface area contributed by atoms with Crippen LogP contribution in [-0.2, 0) is 7.05 Å². The van der Waals surface area contributed by atoms with Gasteiger partial charge >= 0.3 is 0 Å². The first-order chi connectivity index (χ1) is 19.0. The molecule has 0 aliphatic carbocycles. The average molecular weight is 517 g/mol. The van der Waals surface area contributed by atoms with Gasteiger partial charge in [0.1, 0.15) is 17.3 Å². The number of para-hydroxylation sites is 1. The zero-order valence-electron chi connectivity index (χ0n) is 22.5. The van der Waals surface area contributed by atoms with E-state index in [4.69, 9.17) is 9.72 Å². The Bertz CT molecular complexity index is 1630. The van der Waals surface area contributed by atoms with Crippen LogP contribution < -0.4 is 9.64 Å². The highest BCUT2D eigenvalue weighted by Crippen LogP contribution is 2.29. The fourth-order valence-corrected chi connectivity index (χ4v) is 5.40. The van der Waals surface area contributed by atoms with Gasteiger partial charge < -0.3 is 19.1 Å². The minimum absolute atomic E-state index is 0.0576. The maximum absolute atomic E-state index is 13.5. The van der Waals surface area contributed by atoms with E-state index < -0.39 is 0 Å². The molecule has 0 N–H and O–H groups in total. The monoisotopic (exact) mass is 516 g/mol. The van der Waals surface area contributed by atoms with Crippen molar-refractivity contribution < 1.29 is 9.53 Å². The van der Waals surface area contributed by atoms with Crippen LogP contribution in [0.15, 0.2) is 97.1 Å². The molecule has 196 valence electrons. The second-order valence-electron chi connectivity index (χ2n) is 10.3. The van der Waals surface area contributed by atoms with E-state index in [-0.39, 0.29) is 11.9 Å². The molecule has 39 heavy (non-hydrogen) atoms. The van der Waals surface area contributed by atoms with Crippen LogP contribution in [0.25, 0.3) is 22.4 Å². The van der Waals surface area contributed by atoms with Crippen molar-refractivity contribution in [2.24, 2.45) is 7.05 Å². The number of hydrogen-bond acceptors (Lipinski definition) is 4. The van der Waals surface area contributed by atoms with Gasteiger partial charge in [-0.05, 0) is 86.1 Å². The van der Waals surface area contributed by atoms with Gasteiger partial charge in [0.15, 0.2) is 0 Å². The number of hydrogen-bond donors (Lipinski definition) is 0. The number of carbonyl (C=O) groups excluding carboxylic acids is 1. The summed E-state index contributed by atoms with van der Waals surface area (Å²) >= 11 is 0. The summed E-state index contributed by atoms with van der Waals surface area (Å²) in [7, 11) is 2.01. The highest BCUT2D eigenvalue weighted by molar-refractivity contribution is 5.98. The SMILES string of the molecule is Cc1cccc(N2CCN(C(=O)c3ccc4c(c3)nc(-c3ccc(Oc5ccccc5)cc3)n4C)CC2C)c1. The van der Waals surface area contributed by atoms with Crippen molar-refractivity contribution in [3.05, 3.63) is 108 Å². The summed E-state index contributed by atoms with van der Waals surface area (Å²) < 4.78 is 8.00. The molecule has 0 spiro atoms. The lowest BCUT2D eigenvalue weighted by molar-refractivity contribution is 0.0726. The molecule has 6 rings (SSSR count). The number of aromatic nitrogens is 2. The van der Waals surface area contributed by atoms with E-state index in [0.29, 0.717) is 18.7 Å². The number of fused-ring (bicyclic) bond motifs is 1. The summed E-state index contributed by atoms with van der Waals surface area (Å²) in [5.74, 6) is 2.48. The standard InChI is InChI=1S/C33H32N4O2/c1-23-8-7-9-27(20-23)37-19-18-36(22-24(37)2)33(38)26-14-17-31-30(21-26)34-32(35(31)3)25-12-15-29(16-13-25)39-28-10-5-4-6-11-28/h4-17,20-21,24H,18-19,22H2,1-3H3.